The normalized spacial score (nSPS) is 11.0. The number of ketones is 2. The molecule has 0 aliphatic rings. The Kier molecular flexibility index (Phi) is 9.52. The summed E-state index contributed by atoms with van der Waals surface area (Å²) in [5, 5.41) is 0. The molecule has 0 fully saturated rings. The van der Waals surface area contributed by atoms with Crippen LogP contribution in [0.5, 0.6) is 5.75 Å². The summed E-state index contributed by atoms with van der Waals surface area (Å²) in [6.07, 6.45) is 5.08. The summed E-state index contributed by atoms with van der Waals surface area (Å²) in [4.78, 5) is 49.7. The van der Waals surface area contributed by atoms with Crippen LogP contribution < -0.4 is 4.74 Å². The minimum absolute atomic E-state index is 0.0204. The highest BCUT2D eigenvalue weighted by molar-refractivity contribution is 6.15. The van der Waals surface area contributed by atoms with Gasteiger partial charge in [-0.15, -0.1) is 0 Å². The van der Waals surface area contributed by atoms with Crippen molar-refractivity contribution in [2.45, 2.75) is 71.8 Å². The molecule has 2 aromatic rings. The average molecular weight is 453 g/mol. The Morgan fingerprint density at radius 3 is 2.27 bits per heavy atom. The summed E-state index contributed by atoms with van der Waals surface area (Å²) in [6, 6.07) is 10.7. The lowest BCUT2D eigenvalue weighted by molar-refractivity contribution is 0.0205. The fourth-order valence-electron chi connectivity index (χ4n) is 3.32. The van der Waals surface area contributed by atoms with Crippen LogP contribution in [0.2, 0.25) is 0 Å². The molecule has 0 atom stereocenters. The Hall–Kier alpha value is -3.28. The fraction of sp³-hybridized carbons (Fsp3) is 0.407. The molecule has 0 saturated carbocycles. The lowest BCUT2D eigenvalue weighted by Crippen LogP contribution is -2.26. The third kappa shape index (κ3) is 7.97. The van der Waals surface area contributed by atoms with Gasteiger partial charge < -0.3 is 9.47 Å². The van der Waals surface area contributed by atoms with E-state index in [1.807, 2.05) is 0 Å². The highest BCUT2D eigenvalue weighted by atomic mass is 16.7. The van der Waals surface area contributed by atoms with Crippen LogP contribution in [0.15, 0.2) is 42.5 Å². The Labute approximate surface area is 195 Å². The first-order valence-electron chi connectivity index (χ1n) is 11.3. The van der Waals surface area contributed by atoms with Crippen molar-refractivity contribution in [2.75, 3.05) is 0 Å². The Morgan fingerprint density at radius 1 is 0.909 bits per heavy atom. The van der Waals surface area contributed by atoms with Crippen LogP contribution in [0.3, 0.4) is 0 Å². The van der Waals surface area contributed by atoms with Crippen molar-refractivity contribution in [3.05, 3.63) is 64.7 Å². The van der Waals surface area contributed by atoms with Gasteiger partial charge in [0, 0.05) is 23.1 Å². The third-order valence-corrected chi connectivity index (χ3v) is 4.97. The quantitative estimate of drug-likeness (QED) is 0.126. The van der Waals surface area contributed by atoms with Crippen molar-refractivity contribution in [3.63, 3.8) is 0 Å². The van der Waals surface area contributed by atoms with Crippen LogP contribution in [-0.2, 0) is 4.74 Å². The maximum Gasteiger partial charge on any atom is 0.514 e. The molecule has 0 saturated heterocycles. The molecule has 176 valence electrons. The molecular weight excluding hydrogens is 420 g/mol. The summed E-state index contributed by atoms with van der Waals surface area (Å²) in [6.45, 7) is 7.22. The molecule has 6 heteroatoms. The number of rotatable bonds is 11. The standard InChI is InChI=1S/C27H32O6/c1-5-6-7-8-9-14-23(29)19-15-16-24(32-26(31)33-27(2,3)4)22(17-19)25(30)21-13-11-10-12-20(21)18-28/h10-13,15-18H,5-9,14H2,1-4H3. The molecule has 0 spiro atoms. The topological polar surface area (TPSA) is 86.7 Å². The van der Waals surface area contributed by atoms with Crippen molar-refractivity contribution < 1.29 is 28.7 Å². The zero-order valence-corrected chi connectivity index (χ0v) is 19.8. The second-order valence-corrected chi connectivity index (χ2v) is 8.90. The molecule has 0 radical (unpaired) electrons. The van der Waals surface area contributed by atoms with Gasteiger partial charge in [0.15, 0.2) is 17.9 Å². The number of benzene rings is 2. The first kappa shape index (κ1) is 26.0. The van der Waals surface area contributed by atoms with Crippen LogP contribution in [0.1, 0.15) is 103 Å². The van der Waals surface area contributed by atoms with Gasteiger partial charge >= 0.3 is 6.16 Å². The molecule has 0 amide bonds. The van der Waals surface area contributed by atoms with Crippen LogP contribution >= 0.6 is 0 Å². The number of carbonyl (C=O) groups excluding carboxylic acids is 4. The highest BCUT2D eigenvalue weighted by Crippen LogP contribution is 2.27. The van der Waals surface area contributed by atoms with Gasteiger partial charge in [-0.05, 0) is 45.4 Å². The van der Waals surface area contributed by atoms with Crippen LogP contribution in [0, 0.1) is 0 Å². The monoisotopic (exact) mass is 452 g/mol. The van der Waals surface area contributed by atoms with E-state index in [0.29, 0.717) is 18.3 Å². The number of hydrogen-bond donors (Lipinski definition) is 0. The Morgan fingerprint density at radius 2 is 1.61 bits per heavy atom. The van der Waals surface area contributed by atoms with Crippen LogP contribution in [-0.4, -0.2) is 29.6 Å². The van der Waals surface area contributed by atoms with Crippen LogP contribution in [0.4, 0.5) is 4.79 Å². The molecule has 0 N–H and O–H groups in total. The largest absolute Gasteiger partial charge is 0.514 e. The van der Waals surface area contributed by atoms with Gasteiger partial charge in [-0.1, -0.05) is 56.9 Å². The molecule has 0 heterocycles. The van der Waals surface area contributed by atoms with Crippen molar-refractivity contribution in [1.29, 1.82) is 0 Å². The molecule has 0 aliphatic carbocycles. The minimum Gasteiger partial charge on any atom is -0.428 e. The number of hydrogen-bond acceptors (Lipinski definition) is 6. The van der Waals surface area contributed by atoms with E-state index in [1.165, 1.54) is 30.3 Å². The number of unbranched alkanes of at least 4 members (excludes halogenated alkanes) is 4. The molecule has 0 unspecified atom stereocenters. The van der Waals surface area contributed by atoms with Crippen molar-refractivity contribution >= 4 is 24.0 Å². The number of ether oxygens (including phenoxy) is 2. The maximum absolute atomic E-state index is 13.3. The summed E-state index contributed by atoms with van der Waals surface area (Å²) < 4.78 is 10.5. The number of carbonyl (C=O) groups is 4. The zero-order chi connectivity index (χ0) is 24.4. The Bertz CT molecular complexity index is 1000. The second kappa shape index (κ2) is 12.1. The van der Waals surface area contributed by atoms with E-state index < -0.39 is 17.5 Å². The van der Waals surface area contributed by atoms with Gasteiger partial charge in [0.2, 0.25) is 0 Å². The predicted molar refractivity (Wildman–Crippen MR) is 126 cm³/mol. The van der Waals surface area contributed by atoms with Gasteiger partial charge in [-0.2, -0.15) is 0 Å². The highest BCUT2D eigenvalue weighted by Gasteiger charge is 2.24. The van der Waals surface area contributed by atoms with Gasteiger partial charge in [0.1, 0.15) is 11.4 Å². The van der Waals surface area contributed by atoms with E-state index in [2.05, 4.69) is 6.92 Å². The maximum atomic E-state index is 13.3. The van der Waals surface area contributed by atoms with E-state index >= 15 is 0 Å². The van der Waals surface area contributed by atoms with Crippen molar-refractivity contribution in [3.8, 4) is 5.75 Å². The molecule has 0 aromatic heterocycles. The van der Waals surface area contributed by atoms with Gasteiger partial charge in [-0.25, -0.2) is 4.79 Å². The molecule has 6 nitrogen and oxygen atoms in total. The summed E-state index contributed by atoms with van der Waals surface area (Å²) in [5.74, 6) is -0.642. The first-order chi connectivity index (χ1) is 15.7. The SMILES string of the molecule is CCCCCCCC(=O)c1ccc(OC(=O)OC(C)(C)C)c(C(=O)c2ccccc2C=O)c1. The second-order valence-electron chi connectivity index (χ2n) is 8.90. The molecule has 33 heavy (non-hydrogen) atoms. The van der Waals surface area contributed by atoms with Crippen molar-refractivity contribution in [2.24, 2.45) is 0 Å². The predicted octanol–water partition coefficient (Wildman–Crippen LogP) is 6.59. The van der Waals surface area contributed by atoms with Gasteiger partial charge in [-0.3, -0.25) is 14.4 Å². The molecule has 0 bridgehead atoms. The first-order valence-corrected chi connectivity index (χ1v) is 11.3. The average Bonchev–Trinajstić information content (AvgIpc) is 2.77. The summed E-state index contributed by atoms with van der Waals surface area (Å²) in [7, 11) is 0. The lowest BCUT2D eigenvalue weighted by Gasteiger charge is -2.19. The number of aldehydes is 1. The third-order valence-electron chi connectivity index (χ3n) is 4.97. The van der Waals surface area contributed by atoms with Gasteiger partial charge in [0.25, 0.3) is 0 Å². The molecule has 2 aromatic carbocycles. The van der Waals surface area contributed by atoms with E-state index in [4.69, 9.17) is 9.47 Å². The number of Topliss-reactive ketones (excluding diaryl/α,β-unsaturated/α-hetero) is 1. The molecule has 0 aliphatic heterocycles. The fourth-order valence-corrected chi connectivity index (χ4v) is 3.32. The van der Waals surface area contributed by atoms with E-state index in [0.717, 1.165) is 32.1 Å². The van der Waals surface area contributed by atoms with E-state index in [1.54, 1.807) is 32.9 Å². The van der Waals surface area contributed by atoms with Crippen LogP contribution in [0.25, 0.3) is 0 Å². The lowest BCUT2D eigenvalue weighted by atomic mass is 9.95. The van der Waals surface area contributed by atoms with Gasteiger partial charge in [0.05, 0.1) is 5.56 Å². The van der Waals surface area contributed by atoms with E-state index in [-0.39, 0.29) is 28.2 Å². The van der Waals surface area contributed by atoms with E-state index in [9.17, 15) is 19.2 Å². The summed E-state index contributed by atoms with van der Waals surface area (Å²) in [5.41, 5.74) is -0.0379. The Balaban J connectivity index is 2.35. The summed E-state index contributed by atoms with van der Waals surface area (Å²) >= 11 is 0. The minimum atomic E-state index is -0.963. The zero-order valence-electron chi connectivity index (χ0n) is 19.8. The smallest absolute Gasteiger partial charge is 0.428 e. The van der Waals surface area contributed by atoms with Crippen molar-refractivity contribution in [1.82, 2.24) is 0 Å². The molecule has 2 rings (SSSR count). The molecular formula is C27H32O6.